The van der Waals surface area contributed by atoms with Crippen LogP contribution in [0.4, 0.5) is 0 Å². The molecule has 3 rings (SSSR count). The van der Waals surface area contributed by atoms with Crippen LogP contribution < -0.4 is 0 Å². The smallest absolute Gasteiger partial charge is 0.254 e. The first-order chi connectivity index (χ1) is 11.4. The molecular formula is C19H22N4O. The van der Waals surface area contributed by atoms with Gasteiger partial charge in [0.2, 0.25) is 0 Å². The summed E-state index contributed by atoms with van der Waals surface area (Å²) in [7, 11) is 3.69. The summed E-state index contributed by atoms with van der Waals surface area (Å²) in [5.41, 5.74) is 4.15. The predicted molar refractivity (Wildman–Crippen MR) is 94.9 cm³/mol. The third-order valence-corrected chi connectivity index (χ3v) is 4.51. The molecule has 0 saturated carbocycles. The van der Waals surface area contributed by atoms with Crippen molar-refractivity contribution in [2.45, 2.75) is 26.8 Å². The molecule has 1 amide bonds. The van der Waals surface area contributed by atoms with E-state index in [2.05, 4.69) is 10.1 Å². The van der Waals surface area contributed by atoms with E-state index in [1.54, 1.807) is 9.58 Å². The maximum absolute atomic E-state index is 13.1. The van der Waals surface area contributed by atoms with Crippen molar-refractivity contribution in [1.82, 2.24) is 19.7 Å². The number of pyridine rings is 1. The first-order valence-electron chi connectivity index (χ1n) is 8.03. The standard InChI is InChI=1S/C19H22N4O/c1-12-11-16(17-13(2)21-23(5)18(17)20-12)19(24)22(4)14(3)15-9-7-6-8-10-15/h6-11,14H,1-5H3. The summed E-state index contributed by atoms with van der Waals surface area (Å²) in [6, 6.07) is 11.9. The van der Waals surface area contributed by atoms with Crippen LogP contribution in [0.1, 0.15) is 40.3 Å². The lowest BCUT2D eigenvalue weighted by Crippen LogP contribution is -2.30. The van der Waals surface area contributed by atoms with Crippen LogP contribution in [0.2, 0.25) is 0 Å². The first-order valence-corrected chi connectivity index (χ1v) is 8.03. The minimum Gasteiger partial charge on any atom is -0.335 e. The molecule has 0 radical (unpaired) electrons. The molecule has 124 valence electrons. The van der Waals surface area contributed by atoms with Crippen LogP contribution in [0.3, 0.4) is 0 Å². The highest BCUT2D eigenvalue weighted by Crippen LogP contribution is 2.26. The van der Waals surface area contributed by atoms with E-state index in [1.807, 2.05) is 71.3 Å². The normalized spacial score (nSPS) is 12.4. The Morgan fingerprint density at radius 3 is 2.54 bits per heavy atom. The van der Waals surface area contributed by atoms with Crippen molar-refractivity contribution in [3.63, 3.8) is 0 Å². The molecule has 3 aromatic rings. The second-order valence-electron chi connectivity index (χ2n) is 6.22. The number of carbonyl (C=O) groups excluding carboxylic acids is 1. The largest absolute Gasteiger partial charge is 0.335 e. The highest BCUT2D eigenvalue weighted by Gasteiger charge is 2.23. The van der Waals surface area contributed by atoms with E-state index in [9.17, 15) is 4.79 Å². The van der Waals surface area contributed by atoms with Crippen LogP contribution in [0.5, 0.6) is 0 Å². The lowest BCUT2D eigenvalue weighted by Gasteiger charge is -2.26. The number of nitrogens with zero attached hydrogens (tertiary/aromatic N) is 4. The van der Waals surface area contributed by atoms with Crippen molar-refractivity contribution in [3.8, 4) is 0 Å². The topological polar surface area (TPSA) is 51.0 Å². The van der Waals surface area contributed by atoms with Gasteiger partial charge in [-0.25, -0.2) is 4.98 Å². The van der Waals surface area contributed by atoms with Crippen molar-refractivity contribution in [1.29, 1.82) is 0 Å². The maximum Gasteiger partial charge on any atom is 0.254 e. The van der Waals surface area contributed by atoms with Gasteiger partial charge in [-0.2, -0.15) is 5.10 Å². The number of benzene rings is 1. The minimum atomic E-state index is -0.0158. The Morgan fingerprint density at radius 1 is 1.21 bits per heavy atom. The Kier molecular flexibility index (Phi) is 4.09. The van der Waals surface area contributed by atoms with Gasteiger partial charge in [0.05, 0.1) is 22.7 Å². The number of hydrogen-bond donors (Lipinski definition) is 0. The lowest BCUT2D eigenvalue weighted by molar-refractivity contribution is 0.0744. The number of amides is 1. The van der Waals surface area contributed by atoms with Gasteiger partial charge >= 0.3 is 0 Å². The van der Waals surface area contributed by atoms with Gasteiger partial charge in [0.25, 0.3) is 5.91 Å². The molecule has 1 unspecified atom stereocenters. The van der Waals surface area contributed by atoms with Gasteiger partial charge in [-0.05, 0) is 32.4 Å². The van der Waals surface area contributed by atoms with Gasteiger partial charge in [0.15, 0.2) is 5.65 Å². The molecule has 24 heavy (non-hydrogen) atoms. The molecule has 5 nitrogen and oxygen atoms in total. The van der Waals surface area contributed by atoms with Crippen LogP contribution in [-0.2, 0) is 7.05 Å². The number of hydrogen-bond acceptors (Lipinski definition) is 3. The molecule has 0 N–H and O–H groups in total. The third-order valence-electron chi connectivity index (χ3n) is 4.51. The van der Waals surface area contributed by atoms with Gasteiger partial charge in [0, 0.05) is 19.8 Å². The van der Waals surface area contributed by atoms with E-state index in [0.717, 1.165) is 28.0 Å². The van der Waals surface area contributed by atoms with Gasteiger partial charge in [0.1, 0.15) is 0 Å². The maximum atomic E-state index is 13.1. The van der Waals surface area contributed by atoms with Gasteiger partial charge in [-0.15, -0.1) is 0 Å². The van der Waals surface area contributed by atoms with Crippen molar-refractivity contribution >= 4 is 16.9 Å². The van der Waals surface area contributed by atoms with E-state index in [-0.39, 0.29) is 11.9 Å². The van der Waals surface area contributed by atoms with Crippen molar-refractivity contribution in [2.24, 2.45) is 7.05 Å². The van der Waals surface area contributed by atoms with Crippen LogP contribution in [0, 0.1) is 13.8 Å². The van der Waals surface area contributed by atoms with Gasteiger partial charge in [-0.3, -0.25) is 9.48 Å². The van der Waals surface area contributed by atoms with Gasteiger partial charge < -0.3 is 4.90 Å². The van der Waals surface area contributed by atoms with Crippen molar-refractivity contribution in [2.75, 3.05) is 7.05 Å². The Hall–Kier alpha value is -2.69. The number of aryl methyl sites for hydroxylation is 3. The SMILES string of the molecule is Cc1cc(C(=O)N(C)C(C)c2ccccc2)c2c(C)nn(C)c2n1. The Bertz CT molecular complexity index is 899. The molecule has 0 spiro atoms. The zero-order valence-electron chi connectivity index (χ0n) is 14.7. The quantitative estimate of drug-likeness (QED) is 0.742. The minimum absolute atomic E-state index is 0.0146. The molecule has 0 aliphatic rings. The third kappa shape index (κ3) is 2.66. The van der Waals surface area contributed by atoms with Crippen LogP contribution in [0.25, 0.3) is 11.0 Å². The highest BCUT2D eigenvalue weighted by atomic mass is 16.2. The summed E-state index contributed by atoms with van der Waals surface area (Å²) < 4.78 is 1.73. The molecule has 0 saturated heterocycles. The summed E-state index contributed by atoms with van der Waals surface area (Å²) in [4.78, 5) is 19.5. The van der Waals surface area contributed by atoms with Crippen LogP contribution in [-0.4, -0.2) is 32.6 Å². The zero-order chi connectivity index (χ0) is 17.4. The summed E-state index contributed by atoms with van der Waals surface area (Å²) in [6.45, 7) is 5.85. The number of aromatic nitrogens is 3. The molecule has 2 heterocycles. The fourth-order valence-corrected chi connectivity index (χ4v) is 3.06. The molecule has 0 bridgehead atoms. The average Bonchev–Trinajstić information content (AvgIpc) is 2.87. The number of rotatable bonds is 3. The summed E-state index contributed by atoms with van der Waals surface area (Å²) >= 11 is 0. The molecular weight excluding hydrogens is 300 g/mol. The molecule has 2 aromatic heterocycles. The molecule has 1 atom stereocenters. The van der Waals surface area contributed by atoms with E-state index < -0.39 is 0 Å². The number of carbonyl (C=O) groups is 1. The zero-order valence-corrected chi connectivity index (χ0v) is 14.7. The fraction of sp³-hybridized carbons (Fsp3) is 0.316. The number of fused-ring (bicyclic) bond motifs is 1. The molecule has 1 aromatic carbocycles. The van der Waals surface area contributed by atoms with E-state index in [4.69, 9.17) is 0 Å². The van der Waals surface area contributed by atoms with Crippen LogP contribution in [0.15, 0.2) is 36.4 Å². The molecule has 0 fully saturated rings. The summed E-state index contributed by atoms with van der Waals surface area (Å²) in [5.74, 6) is -0.0158. The van der Waals surface area contributed by atoms with Crippen molar-refractivity contribution < 1.29 is 4.79 Å². The first kappa shape index (κ1) is 16.2. The van der Waals surface area contributed by atoms with Crippen molar-refractivity contribution in [3.05, 3.63) is 58.9 Å². The fourth-order valence-electron chi connectivity index (χ4n) is 3.06. The summed E-state index contributed by atoms with van der Waals surface area (Å²) in [6.07, 6.45) is 0. The highest BCUT2D eigenvalue weighted by molar-refractivity contribution is 6.06. The van der Waals surface area contributed by atoms with Gasteiger partial charge in [-0.1, -0.05) is 30.3 Å². The second kappa shape index (κ2) is 6.07. The van der Waals surface area contributed by atoms with Crippen LogP contribution >= 0.6 is 0 Å². The van der Waals surface area contributed by atoms with E-state index in [0.29, 0.717) is 5.56 Å². The Morgan fingerprint density at radius 2 is 1.88 bits per heavy atom. The Balaban J connectivity index is 2.05. The monoisotopic (exact) mass is 322 g/mol. The second-order valence-corrected chi connectivity index (χ2v) is 6.22. The summed E-state index contributed by atoms with van der Waals surface area (Å²) in [5, 5.41) is 5.25. The Labute approximate surface area is 141 Å². The predicted octanol–water partition coefficient (Wildman–Crippen LogP) is 3.42. The van der Waals surface area contributed by atoms with E-state index in [1.165, 1.54) is 0 Å². The average molecular weight is 322 g/mol. The molecule has 5 heteroatoms. The lowest BCUT2D eigenvalue weighted by atomic mass is 10.0. The van der Waals surface area contributed by atoms with E-state index >= 15 is 0 Å². The molecule has 0 aliphatic carbocycles. The molecule has 0 aliphatic heterocycles.